The van der Waals surface area contributed by atoms with Crippen LogP contribution in [0.5, 0.6) is 0 Å². The van der Waals surface area contributed by atoms with E-state index in [9.17, 15) is 8.78 Å². The number of hydrogen-bond donors (Lipinski definition) is 0. The number of aromatic nitrogens is 1. The molecule has 1 nitrogen and oxygen atoms in total. The van der Waals surface area contributed by atoms with Gasteiger partial charge in [-0.2, -0.15) is 0 Å². The maximum atomic E-state index is 12.7. The lowest BCUT2D eigenvalue weighted by Gasteiger charge is -2.10. The third-order valence-corrected chi connectivity index (χ3v) is 3.65. The number of hydrogen-bond acceptors (Lipinski definition) is 1. The Hall–Kier alpha value is -0.390. The molecule has 0 aromatic carbocycles. The third kappa shape index (κ3) is 3.40. The first kappa shape index (κ1) is 11.7. The molecule has 0 atom stereocenters. The lowest BCUT2D eigenvalue weighted by molar-refractivity contribution is 0.0225. The predicted octanol–water partition coefficient (Wildman–Crippen LogP) is 3.16. The Morgan fingerprint density at radius 2 is 2.21 bits per heavy atom. The average Bonchev–Trinajstić information content (AvgIpc) is 2.06. The molecule has 78 valence electrons. The smallest absolute Gasteiger partial charge is 0.249 e. The van der Waals surface area contributed by atoms with Crippen LogP contribution in [0.15, 0.2) is 12.3 Å². The average molecular weight is 311 g/mol. The lowest BCUT2D eigenvalue weighted by atomic mass is 10.1. The van der Waals surface area contributed by atoms with Crippen LogP contribution < -0.4 is 0 Å². The van der Waals surface area contributed by atoms with Gasteiger partial charge in [0.2, 0.25) is 5.92 Å². The summed E-state index contributed by atoms with van der Waals surface area (Å²) in [5.74, 6) is -2.66. The van der Waals surface area contributed by atoms with Gasteiger partial charge in [-0.3, -0.25) is 4.98 Å². The van der Waals surface area contributed by atoms with Gasteiger partial charge in [-0.25, -0.2) is 8.78 Å². The first-order valence-corrected chi connectivity index (χ1v) is 6.74. The molecular formula is C10H12F2IN. The molecule has 0 saturated carbocycles. The lowest BCUT2D eigenvalue weighted by Crippen LogP contribution is -2.14. The second-order valence-electron chi connectivity index (χ2n) is 3.29. The molecule has 1 aromatic heterocycles. The zero-order valence-electron chi connectivity index (χ0n) is 8.15. The van der Waals surface area contributed by atoms with E-state index < -0.39 is 5.92 Å². The first-order valence-electron chi connectivity index (χ1n) is 4.14. The summed E-state index contributed by atoms with van der Waals surface area (Å²) in [4.78, 5) is 4.09. The quantitative estimate of drug-likeness (QED) is 0.782. The summed E-state index contributed by atoms with van der Waals surface area (Å²) in [6, 6.07) is 1.81. The Morgan fingerprint density at radius 3 is 2.71 bits per heavy atom. The van der Waals surface area contributed by atoms with Gasteiger partial charge in [-0.05, 0) is 25.5 Å². The van der Waals surface area contributed by atoms with E-state index in [-0.39, 0.29) is 27.2 Å². The van der Waals surface area contributed by atoms with Crippen LogP contribution in [-0.4, -0.2) is 15.4 Å². The zero-order chi connectivity index (χ0) is 10.8. The summed E-state index contributed by atoms with van der Waals surface area (Å²) in [7, 11) is 0. The summed E-state index contributed by atoms with van der Waals surface area (Å²) in [6.07, 6.45) is 1.28. The summed E-state index contributed by atoms with van der Waals surface area (Å²) in [5.41, 5.74) is 1.51. The van der Waals surface area contributed by atoms with Crippen LogP contribution >= 0.6 is 20.7 Å². The topological polar surface area (TPSA) is 12.9 Å². The highest BCUT2D eigenvalue weighted by molar-refractivity contribution is 14.2. The second kappa shape index (κ2) is 4.42. The minimum Gasteiger partial charge on any atom is -0.260 e. The van der Waals surface area contributed by atoms with Crippen LogP contribution in [0.1, 0.15) is 18.2 Å². The molecular weight excluding hydrogens is 299 g/mol. The Balaban J connectivity index is 2.95. The number of alkyl halides is 2. The number of aryl methyl sites for hydroxylation is 1. The van der Waals surface area contributed by atoms with Crippen molar-refractivity contribution in [3.63, 3.8) is 0 Å². The molecule has 0 saturated heterocycles. The molecule has 0 spiro atoms. The van der Waals surface area contributed by atoms with Gasteiger partial charge in [0.05, 0.1) is 5.69 Å². The fourth-order valence-corrected chi connectivity index (χ4v) is 2.45. The van der Waals surface area contributed by atoms with Crippen molar-refractivity contribution in [1.29, 1.82) is 0 Å². The molecule has 0 bridgehead atoms. The fraction of sp³-hybridized carbons (Fsp3) is 0.400. The molecule has 0 unspecified atom stereocenters. The highest BCUT2D eigenvalue weighted by Gasteiger charge is 2.21. The molecule has 0 amide bonds. The van der Waals surface area contributed by atoms with Crippen LogP contribution in [-0.2, 0) is 6.42 Å². The van der Waals surface area contributed by atoms with Gasteiger partial charge in [-0.15, -0.1) is 0 Å². The van der Waals surface area contributed by atoms with Crippen LogP contribution in [0, 0.1) is 10.5 Å². The summed E-state index contributed by atoms with van der Waals surface area (Å²) >= 11 is -0.329. The number of nitrogens with zero attached hydrogens (tertiary/aromatic N) is 1. The first-order chi connectivity index (χ1) is 6.42. The van der Waals surface area contributed by atoms with E-state index in [4.69, 9.17) is 0 Å². The van der Waals surface area contributed by atoms with Gasteiger partial charge in [0, 0.05) is 16.2 Å². The minimum absolute atomic E-state index is 0.239. The summed E-state index contributed by atoms with van der Waals surface area (Å²) < 4.78 is 30.3. The molecule has 4 heteroatoms. The highest BCUT2D eigenvalue weighted by atomic mass is 127. The van der Waals surface area contributed by atoms with E-state index in [1.165, 1.54) is 6.20 Å². The molecule has 0 aliphatic carbocycles. The van der Waals surface area contributed by atoms with E-state index in [2.05, 4.69) is 9.50 Å². The molecule has 1 rings (SSSR count). The number of rotatable bonds is 3. The standard InChI is InChI=1S/C10H12F2IN/c1-7-9(13-3)4-8(6-14-7)5-10(2,11)12/h4,6H,3,5H2,1-2H3. The second-order valence-corrected chi connectivity index (χ2v) is 5.22. The summed E-state index contributed by atoms with van der Waals surface area (Å²) in [5, 5.41) is 0. The molecule has 0 radical (unpaired) electrons. The van der Waals surface area contributed by atoms with Crippen LogP contribution in [0.2, 0.25) is 0 Å². The molecule has 0 fully saturated rings. The van der Waals surface area contributed by atoms with Crippen molar-refractivity contribution in [2.75, 3.05) is 0 Å². The normalized spacial score (nSPS) is 11.7. The third-order valence-electron chi connectivity index (χ3n) is 1.74. The van der Waals surface area contributed by atoms with Gasteiger partial charge in [-0.1, -0.05) is 25.2 Å². The Bertz CT molecular complexity index is 344. The maximum absolute atomic E-state index is 12.7. The molecule has 1 aromatic rings. The predicted molar refractivity (Wildman–Crippen MR) is 63.1 cm³/mol. The van der Waals surface area contributed by atoms with Gasteiger partial charge >= 0.3 is 0 Å². The fourth-order valence-electron chi connectivity index (χ4n) is 1.14. The number of pyridine rings is 1. The van der Waals surface area contributed by atoms with Crippen LogP contribution in [0.4, 0.5) is 8.78 Å². The molecule has 0 aliphatic heterocycles. The van der Waals surface area contributed by atoms with Crippen molar-refractivity contribution < 1.29 is 8.78 Å². The molecule has 0 N–H and O–H groups in total. The van der Waals surface area contributed by atoms with Crippen LogP contribution in [0.25, 0.3) is 0 Å². The van der Waals surface area contributed by atoms with E-state index >= 15 is 0 Å². The van der Waals surface area contributed by atoms with E-state index in [1.54, 1.807) is 6.07 Å². The van der Waals surface area contributed by atoms with Gasteiger partial charge < -0.3 is 0 Å². The van der Waals surface area contributed by atoms with Crippen molar-refractivity contribution in [2.45, 2.75) is 26.2 Å². The van der Waals surface area contributed by atoms with E-state index in [0.29, 0.717) is 5.56 Å². The van der Waals surface area contributed by atoms with E-state index in [1.807, 2.05) is 6.92 Å². The van der Waals surface area contributed by atoms with Gasteiger partial charge in [0.1, 0.15) is 0 Å². The van der Waals surface area contributed by atoms with E-state index in [0.717, 1.165) is 16.2 Å². The van der Waals surface area contributed by atoms with Crippen molar-refractivity contribution in [3.05, 3.63) is 27.1 Å². The molecule has 0 aliphatic rings. The largest absolute Gasteiger partial charge is 0.260 e. The van der Waals surface area contributed by atoms with Gasteiger partial charge in [0.25, 0.3) is 0 Å². The Morgan fingerprint density at radius 1 is 1.57 bits per heavy atom. The molecule has 1 heterocycles. The highest BCUT2D eigenvalue weighted by Crippen LogP contribution is 2.21. The van der Waals surface area contributed by atoms with Crippen LogP contribution in [0.3, 0.4) is 0 Å². The van der Waals surface area contributed by atoms with Crippen molar-refractivity contribution >= 4 is 25.2 Å². The van der Waals surface area contributed by atoms with Gasteiger partial charge in [0.15, 0.2) is 0 Å². The zero-order valence-corrected chi connectivity index (χ0v) is 10.3. The van der Waals surface area contributed by atoms with Crippen molar-refractivity contribution in [3.8, 4) is 0 Å². The van der Waals surface area contributed by atoms with Crippen molar-refractivity contribution in [2.24, 2.45) is 0 Å². The SMILES string of the molecule is C=Ic1cc(CC(C)(F)F)cnc1C. The molecule has 14 heavy (non-hydrogen) atoms. The van der Waals surface area contributed by atoms with Crippen molar-refractivity contribution in [1.82, 2.24) is 4.98 Å². The number of halogens is 3. The Labute approximate surface area is 92.3 Å². The monoisotopic (exact) mass is 311 g/mol. The Kier molecular flexibility index (Phi) is 3.69. The minimum atomic E-state index is -2.66. The maximum Gasteiger partial charge on any atom is 0.249 e. The summed E-state index contributed by atoms with van der Waals surface area (Å²) in [6.45, 7) is 2.81.